The van der Waals surface area contributed by atoms with Gasteiger partial charge in [-0.15, -0.1) is 12.4 Å². The Morgan fingerprint density at radius 1 is 1.11 bits per heavy atom. The van der Waals surface area contributed by atoms with E-state index in [-0.39, 0.29) is 12.4 Å². The summed E-state index contributed by atoms with van der Waals surface area (Å²) in [5.41, 5.74) is 2.18. The highest BCUT2D eigenvalue weighted by atomic mass is 35.5. The molecule has 0 amide bonds. The van der Waals surface area contributed by atoms with Crippen LogP contribution >= 0.6 is 12.4 Å². The summed E-state index contributed by atoms with van der Waals surface area (Å²) in [4.78, 5) is 2.30. The van der Waals surface area contributed by atoms with Crippen molar-refractivity contribution in [1.82, 2.24) is 4.90 Å². The highest BCUT2D eigenvalue weighted by molar-refractivity contribution is 5.85. The molecule has 0 unspecified atom stereocenters. The Morgan fingerprint density at radius 3 is 2.48 bits per heavy atom. The molecule has 146 valence electrons. The monoisotopic (exact) mass is 398 g/mol. The molecule has 27 heavy (non-hydrogen) atoms. The minimum atomic E-state index is -4.31. The first-order valence-corrected chi connectivity index (χ1v) is 8.68. The Morgan fingerprint density at radius 2 is 1.85 bits per heavy atom. The maximum Gasteiger partial charge on any atom is 0.416 e. The van der Waals surface area contributed by atoms with Crippen molar-refractivity contribution in [3.05, 3.63) is 76.8 Å². The fourth-order valence-electron chi connectivity index (χ4n) is 3.19. The van der Waals surface area contributed by atoms with Gasteiger partial charge in [-0.3, -0.25) is 4.90 Å². The molecule has 0 spiro atoms. The van der Waals surface area contributed by atoms with Gasteiger partial charge in [0.25, 0.3) is 0 Å². The fraction of sp³-hybridized carbons (Fsp3) is 0.350. The lowest BCUT2D eigenvalue weighted by molar-refractivity contribution is -0.605. The summed E-state index contributed by atoms with van der Waals surface area (Å²) >= 11 is 0. The summed E-state index contributed by atoms with van der Waals surface area (Å²) in [6.07, 6.45) is 3.36. The van der Waals surface area contributed by atoms with Crippen molar-refractivity contribution in [1.29, 1.82) is 0 Å². The molecule has 2 aromatic rings. The Balaban J connectivity index is 0.00000261. The molecule has 0 bridgehead atoms. The average molecular weight is 399 g/mol. The first kappa shape index (κ1) is 21.3. The highest BCUT2D eigenvalue weighted by Crippen LogP contribution is 2.32. The second kappa shape index (κ2) is 9.24. The van der Waals surface area contributed by atoms with Crippen LogP contribution in [0.15, 0.2) is 54.9 Å². The topological polar surface area (TPSA) is 30.2 Å². The van der Waals surface area contributed by atoms with Crippen molar-refractivity contribution in [3.63, 3.8) is 0 Å². The smallest absolute Gasteiger partial charge is 0.416 e. The molecule has 1 aliphatic heterocycles. The summed E-state index contributed by atoms with van der Waals surface area (Å²) in [5.74, 6) is 0. The minimum Gasteiger partial charge on any atom is -0.619 e. The highest BCUT2D eigenvalue weighted by Gasteiger charge is 2.30. The standard InChI is InChI=1S/C20H21F3N2O.ClH/c21-20(22,23)19-5-1-4-18(15-19)17-8-11-24(12-9-17)10-2-3-16-6-13-25(26)14-7-16;/h1,4-8,13-15H,2-3,9-12H2;1H. The molecule has 0 atom stereocenters. The van der Waals surface area contributed by atoms with Crippen LogP contribution in [0.1, 0.15) is 29.5 Å². The van der Waals surface area contributed by atoms with Crippen LogP contribution in [-0.4, -0.2) is 24.5 Å². The van der Waals surface area contributed by atoms with E-state index in [1.54, 1.807) is 6.07 Å². The first-order valence-electron chi connectivity index (χ1n) is 8.68. The molecule has 0 saturated carbocycles. The maximum atomic E-state index is 12.9. The van der Waals surface area contributed by atoms with E-state index < -0.39 is 11.7 Å². The van der Waals surface area contributed by atoms with Crippen LogP contribution in [0.25, 0.3) is 5.57 Å². The number of hydrogen-bond acceptors (Lipinski definition) is 2. The molecule has 3 rings (SSSR count). The number of nitrogens with zero attached hydrogens (tertiary/aromatic N) is 2. The average Bonchev–Trinajstić information content (AvgIpc) is 2.63. The molecule has 0 N–H and O–H groups in total. The number of benzene rings is 1. The van der Waals surface area contributed by atoms with Gasteiger partial charge in [0.2, 0.25) is 0 Å². The van der Waals surface area contributed by atoms with Crippen LogP contribution in [0.3, 0.4) is 0 Å². The molecule has 1 aliphatic rings. The van der Waals surface area contributed by atoms with E-state index >= 15 is 0 Å². The molecule has 1 aromatic carbocycles. The van der Waals surface area contributed by atoms with Crippen molar-refractivity contribution < 1.29 is 17.9 Å². The van der Waals surface area contributed by atoms with E-state index in [2.05, 4.69) is 4.90 Å². The first-order chi connectivity index (χ1) is 12.4. The summed E-state index contributed by atoms with van der Waals surface area (Å²) in [6.45, 7) is 2.52. The second-order valence-corrected chi connectivity index (χ2v) is 6.53. The van der Waals surface area contributed by atoms with Gasteiger partial charge in [-0.05, 0) is 54.6 Å². The molecule has 2 heterocycles. The van der Waals surface area contributed by atoms with Crippen LogP contribution in [0, 0.1) is 5.21 Å². The van der Waals surface area contributed by atoms with Crippen LogP contribution in [0.4, 0.5) is 13.2 Å². The third-order valence-electron chi connectivity index (χ3n) is 4.66. The summed E-state index contributed by atoms with van der Waals surface area (Å²) < 4.78 is 39.3. The normalized spacial score (nSPS) is 15.1. The van der Waals surface area contributed by atoms with Crippen molar-refractivity contribution in [2.24, 2.45) is 0 Å². The maximum absolute atomic E-state index is 12.9. The number of halogens is 4. The van der Waals surface area contributed by atoms with Gasteiger partial charge in [0.1, 0.15) is 0 Å². The Labute approximate surface area is 163 Å². The van der Waals surface area contributed by atoms with Gasteiger partial charge in [0, 0.05) is 25.2 Å². The SMILES string of the molecule is Cl.[O-][n+]1ccc(CCCN2CC=C(c3cccc(C(F)(F)F)c3)CC2)cc1. The number of aromatic nitrogens is 1. The number of alkyl halides is 3. The largest absolute Gasteiger partial charge is 0.619 e. The van der Waals surface area contributed by atoms with Gasteiger partial charge in [0.15, 0.2) is 12.4 Å². The van der Waals surface area contributed by atoms with Crippen LogP contribution in [-0.2, 0) is 12.6 Å². The molecule has 0 saturated heterocycles. The van der Waals surface area contributed by atoms with E-state index in [1.807, 2.05) is 18.2 Å². The number of hydrogen-bond donors (Lipinski definition) is 0. The number of rotatable bonds is 5. The Bertz CT molecular complexity index is 776. The molecule has 0 fully saturated rings. The van der Waals surface area contributed by atoms with E-state index in [1.165, 1.54) is 24.5 Å². The predicted octanol–water partition coefficient (Wildman–Crippen LogP) is 4.48. The minimum absolute atomic E-state index is 0. The van der Waals surface area contributed by atoms with Crippen LogP contribution < -0.4 is 4.73 Å². The van der Waals surface area contributed by atoms with Gasteiger partial charge >= 0.3 is 6.18 Å². The summed E-state index contributed by atoms with van der Waals surface area (Å²) in [7, 11) is 0. The van der Waals surface area contributed by atoms with Crippen LogP contribution in [0.5, 0.6) is 0 Å². The molecule has 7 heteroatoms. The quantitative estimate of drug-likeness (QED) is 0.549. The lowest BCUT2D eigenvalue weighted by Crippen LogP contribution is -2.29. The van der Waals surface area contributed by atoms with Gasteiger partial charge in [0.05, 0.1) is 5.56 Å². The van der Waals surface area contributed by atoms with Crippen molar-refractivity contribution >= 4 is 18.0 Å². The van der Waals surface area contributed by atoms with E-state index in [0.29, 0.717) is 5.56 Å². The lowest BCUT2D eigenvalue weighted by Gasteiger charge is -2.26. The van der Waals surface area contributed by atoms with E-state index in [4.69, 9.17) is 0 Å². The third-order valence-corrected chi connectivity index (χ3v) is 4.66. The fourth-order valence-corrected chi connectivity index (χ4v) is 3.19. The van der Waals surface area contributed by atoms with Gasteiger partial charge in [-0.2, -0.15) is 17.9 Å². The molecular formula is C20H22ClF3N2O. The number of aryl methyl sites for hydroxylation is 1. The Kier molecular flexibility index (Phi) is 7.27. The summed E-state index contributed by atoms with van der Waals surface area (Å²) in [6, 6.07) is 9.21. The molecule has 0 radical (unpaired) electrons. The summed E-state index contributed by atoms with van der Waals surface area (Å²) in [5, 5.41) is 11.0. The van der Waals surface area contributed by atoms with Crippen molar-refractivity contribution in [2.75, 3.05) is 19.6 Å². The van der Waals surface area contributed by atoms with E-state index in [9.17, 15) is 18.4 Å². The second-order valence-electron chi connectivity index (χ2n) is 6.53. The molecule has 3 nitrogen and oxygen atoms in total. The zero-order chi connectivity index (χ0) is 18.6. The van der Waals surface area contributed by atoms with Gasteiger partial charge < -0.3 is 5.21 Å². The van der Waals surface area contributed by atoms with Gasteiger partial charge in [-0.25, -0.2) is 0 Å². The van der Waals surface area contributed by atoms with E-state index in [0.717, 1.165) is 60.8 Å². The zero-order valence-electron chi connectivity index (χ0n) is 14.8. The van der Waals surface area contributed by atoms with Gasteiger partial charge in [-0.1, -0.05) is 18.2 Å². The van der Waals surface area contributed by atoms with Crippen molar-refractivity contribution in [3.8, 4) is 0 Å². The molecule has 0 aliphatic carbocycles. The Hall–Kier alpha value is -2.05. The number of pyridine rings is 1. The lowest BCUT2D eigenvalue weighted by atomic mass is 9.97. The van der Waals surface area contributed by atoms with Crippen LogP contribution in [0.2, 0.25) is 0 Å². The molecule has 1 aromatic heterocycles. The zero-order valence-corrected chi connectivity index (χ0v) is 15.6. The van der Waals surface area contributed by atoms with Crippen molar-refractivity contribution in [2.45, 2.75) is 25.4 Å². The molecular weight excluding hydrogens is 377 g/mol. The predicted molar refractivity (Wildman–Crippen MR) is 101 cm³/mol. The third kappa shape index (κ3) is 5.97.